The van der Waals surface area contributed by atoms with Crippen molar-refractivity contribution in [3.05, 3.63) is 45.2 Å². The number of hydrogen-bond donors (Lipinski definition) is 0. The number of benzene rings is 1. The summed E-state index contributed by atoms with van der Waals surface area (Å²) in [6.07, 6.45) is 0.862. The van der Waals surface area contributed by atoms with Crippen LogP contribution in [0.15, 0.2) is 34.1 Å². The molecule has 0 saturated carbocycles. The lowest BCUT2D eigenvalue weighted by molar-refractivity contribution is 0.112. The quantitative estimate of drug-likeness (QED) is 0.750. The second-order valence-corrected chi connectivity index (χ2v) is 5.73. The maximum absolute atomic E-state index is 10.5. The molecule has 0 spiro atoms. The standard InChI is InChI=1S/C12H9BrOS/c1-8-6-11(13)15-12(8)10-4-2-9(7-14)3-5-10/h2-7H,1H3. The van der Waals surface area contributed by atoms with Crippen molar-refractivity contribution >= 4 is 33.6 Å². The van der Waals surface area contributed by atoms with E-state index >= 15 is 0 Å². The highest BCUT2D eigenvalue weighted by Crippen LogP contribution is 2.35. The maximum atomic E-state index is 10.5. The molecule has 0 aliphatic rings. The fraction of sp³-hybridized carbons (Fsp3) is 0.0833. The predicted octanol–water partition coefficient (Wildman–Crippen LogP) is 4.30. The number of thiophene rings is 1. The van der Waals surface area contributed by atoms with Gasteiger partial charge in [-0.2, -0.15) is 0 Å². The van der Waals surface area contributed by atoms with Crippen LogP contribution in [0.3, 0.4) is 0 Å². The summed E-state index contributed by atoms with van der Waals surface area (Å²) in [5, 5.41) is 0. The number of hydrogen-bond acceptors (Lipinski definition) is 2. The van der Waals surface area contributed by atoms with Crippen LogP contribution in [-0.4, -0.2) is 6.29 Å². The largest absolute Gasteiger partial charge is 0.298 e. The average Bonchev–Trinajstić information content (AvgIpc) is 2.58. The maximum Gasteiger partial charge on any atom is 0.150 e. The third kappa shape index (κ3) is 2.19. The zero-order chi connectivity index (χ0) is 10.8. The van der Waals surface area contributed by atoms with Gasteiger partial charge in [-0.25, -0.2) is 0 Å². The molecule has 2 rings (SSSR count). The molecular formula is C12H9BrOS. The first-order chi connectivity index (χ1) is 7.20. The number of rotatable bonds is 2. The summed E-state index contributed by atoms with van der Waals surface area (Å²) >= 11 is 5.18. The molecule has 0 saturated heterocycles. The minimum Gasteiger partial charge on any atom is -0.298 e. The van der Waals surface area contributed by atoms with Crippen molar-refractivity contribution in [2.75, 3.05) is 0 Å². The summed E-state index contributed by atoms with van der Waals surface area (Å²) in [5.41, 5.74) is 3.13. The molecule has 3 heteroatoms. The Balaban J connectivity index is 2.45. The number of carbonyl (C=O) groups is 1. The zero-order valence-electron chi connectivity index (χ0n) is 8.16. The Hall–Kier alpha value is -0.930. The Morgan fingerprint density at radius 2 is 1.93 bits per heavy atom. The van der Waals surface area contributed by atoms with E-state index in [1.165, 1.54) is 10.4 Å². The van der Waals surface area contributed by atoms with E-state index in [1.807, 2.05) is 24.3 Å². The highest BCUT2D eigenvalue weighted by molar-refractivity contribution is 9.11. The van der Waals surface area contributed by atoms with Crippen molar-refractivity contribution in [1.82, 2.24) is 0 Å². The van der Waals surface area contributed by atoms with Gasteiger partial charge < -0.3 is 0 Å². The van der Waals surface area contributed by atoms with Crippen molar-refractivity contribution in [2.24, 2.45) is 0 Å². The summed E-state index contributed by atoms with van der Waals surface area (Å²) in [6.45, 7) is 2.09. The lowest BCUT2D eigenvalue weighted by Crippen LogP contribution is -1.80. The van der Waals surface area contributed by atoms with E-state index in [1.54, 1.807) is 11.3 Å². The van der Waals surface area contributed by atoms with Gasteiger partial charge >= 0.3 is 0 Å². The Labute approximate surface area is 101 Å². The van der Waals surface area contributed by atoms with E-state index in [9.17, 15) is 4.79 Å². The number of aldehydes is 1. The first-order valence-corrected chi connectivity index (χ1v) is 6.13. The minimum atomic E-state index is 0.715. The molecular weight excluding hydrogens is 272 g/mol. The van der Waals surface area contributed by atoms with Crippen LogP contribution in [0, 0.1) is 6.92 Å². The first kappa shape index (κ1) is 10.6. The lowest BCUT2D eigenvalue weighted by atomic mass is 10.1. The van der Waals surface area contributed by atoms with Gasteiger partial charge in [-0.3, -0.25) is 4.79 Å². The molecule has 76 valence electrons. The topological polar surface area (TPSA) is 17.1 Å². The van der Waals surface area contributed by atoms with Gasteiger partial charge in [-0.15, -0.1) is 11.3 Å². The van der Waals surface area contributed by atoms with Crippen molar-refractivity contribution in [3.63, 3.8) is 0 Å². The van der Waals surface area contributed by atoms with Gasteiger partial charge in [0, 0.05) is 10.4 Å². The SMILES string of the molecule is Cc1cc(Br)sc1-c1ccc(C=O)cc1. The van der Waals surface area contributed by atoms with Crippen LogP contribution >= 0.6 is 27.3 Å². The number of halogens is 1. The molecule has 0 bridgehead atoms. The molecule has 2 aromatic rings. The van der Waals surface area contributed by atoms with Crippen LogP contribution < -0.4 is 0 Å². The van der Waals surface area contributed by atoms with Crippen molar-refractivity contribution < 1.29 is 4.79 Å². The van der Waals surface area contributed by atoms with E-state index in [2.05, 4.69) is 28.9 Å². The smallest absolute Gasteiger partial charge is 0.150 e. The minimum absolute atomic E-state index is 0.715. The average molecular weight is 281 g/mol. The summed E-state index contributed by atoms with van der Waals surface area (Å²) in [4.78, 5) is 11.8. The van der Waals surface area contributed by atoms with Gasteiger partial charge in [-0.1, -0.05) is 24.3 Å². The van der Waals surface area contributed by atoms with Crippen molar-refractivity contribution in [3.8, 4) is 10.4 Å². The highest BCUT2D eigenvalue weighted by Gasteiger charge is 2.05. The molecule has 0 radical (unpaired) electrons. The van der Waals surface area contributed by atoms with Crippen molar-refractivity contribution in [2.45, 2.75) is 6.92 Å². The van der Waals surface area contributed by atoms with Crippen LogP contribution in [0.25, 0.3) is 10.4 Å². The Kier molecular flexibility index (Phi) is 3.03. The summed E-state index contributed by atoms with van der Waals surface area (Å²) in [6, 6.07) is 9.75. The second kappa shape index (κ2) is 4.29. The molecule has 0 fully saturated rings. The third-order valence-corrected chi connectivity index (χ3v) is 3.99. The molecule has 0 amide bonds. The molecule has 0 N–H and O–H groups in total. The third-order valence-electron chi connectivity index (χ3n) is 2.20. The second-order valence-electron chi connectivity index (χ2n) is 3.30. The Morgan fingerprint density at radius 1 is 1.27 bits per heavy atom. The molecule has 15 heavy (non-hydrogen) atoms. The van der Waals surface area contributed by atoms with Gasteiger partial charge in [0.25, 0.3) is 0 Å². The fourth-order valence-electron chi connectivity index (χ4n) is 1.44. The van der Waals surface area contributed by atoms with Gasteiger partial charge in [0.15, 0.2) is 0 Å². The number of carbonyl (C=O) groups excluding carboxylic acids is 1. The van der Waals surface area contributed by atoms with Gasteiger partial charge in [-0.05, 0) is 40.0 Å². The van der Waals surface area contributed by atoms with E-state index in [0.717, 1.165) is 15.6 Å². The molecule has 0 atom stereocenters. The summed E-state index contributed by atoms with van der Waals surface area (Å²) in [7, 11) is 0. The van der Waals surface area contributed by atoms with Crippen LogP contribution in [0.2, 0.25) is 0 Å². The van der Waals surface area contributed by atoms with E-state index < -0.39 is 0 Å². The predicted molar refractivity (Wildman–Crippen MR) is 67.6 cm³/mol. The fourth-order valence-corrected chi connectivity index (χ4v) is 3.18. The van der Waals surface area contributed by atoms with E-state index in [0.29, 0.717) is 5.56 Å². The van der Waals surface area contributed by atoms with Gasteiger partial charge in [0.1, 0.15) is 6.29 Å². The van der Waals surface area contributed by atoms with Gasteiger partial charge in [0.05, 0.1) is 3.79 Å². The first-order valence-electron chi connectivity index (χ1n) is 4.52. The normalized spacial score (nSPS) is 10.3. The molecule has 1 heterocycles. The monoisotopic (exact) mass is 280 g/mol. The van der Waals surface area contributed by atoms with Gasteiger partial charge in [0.2, 0.25) is 0 Å². The zero-order valence-corrected chi connectivity index (χ0v) is 10.6. The highest BCUT2D eigenvalue weighted by atomic mass is 79.9. The van der Waals surface area contributed by atoms with Crippen LogP contribution in [0.1, 0.15) is 15.9 Å². The summed E-state index contributed by atoms with van der Waals surface area (Å²) in [5.74, 6) is 0. The molecule has 0 unspecified atom stereocenters. The van der Waals surface area contributed by atoms with Crippen LogP contribution in [-0.2, 0) is 0 Å². The molecule has 0 aliphatic heterocycles. The van der Waals surface area contributed by atoms with E-state index in [4.69, 9.17) is 0 Å². The van der Waals surface area contributed by atoms with Crippen molar-refractivity contribution in [1.29, 1.82) is 0 Å². The molecule has 1 nitrogen and oxygen atoms in total. The van der Waals surface area contributed by atoms with E-state index in [-0.39, 0.29) is 0 Å². The number of aryl methyl sites for hydroxylation is 1. The lowest BCUT2D eigenvalue weighted by Gasteiger charge is -1.99. The molecule has 1 aromatic carbocycles. The van der Waals surface area contributed by atoms with Crippen LogP contribution in [0.4, 0.5) is 0 Å². The van der Waals surface area contributed by atoms with Crippen LogP contribution in [0.5, 0.6) is 0 Å². The molecule has 0 aliphatic carbocycles. The molecule has 1 aromatic heterocycles. The summed E-state index contributed by atoms with van der Waals surface area (Å²) < 4.78 is 1.13. The Morgan fingerprint density at radius 3 is 2.40 bits per heavy atom. The Bertz CT molecular complexity index is 485.